The number of amides is 2. The number of anilines is 2. The first-order valence-corrected chi connectivity index (χ1v) is 8.73. The number of imidazole rings is 1. The number of carbonyl (C=O) groups is 1. The lowest BCUT2D eigenvalue weighted by Crippen LogP contribution is -2.19. The van der Waals surface area contributed by atoms with Crippen molar-refractivity contribution in [2.45, 2.75) is 6.92 Å². The van der Waals surface area contributed by atoms with Gasteiger partial charge in [0.25, 0.3) is 0 Å². The molecule has 2 amide bonds. The average molecular weight is 348 g/mol. The molecule has 2 heterocycles. The van der Waals surface area contributed by atoms with Crippen LogP contribution >= 0.6 is 11.3 Å². The minimum absolute atomic E-state index is 0.265. The molecule has 25 heavy (non-hydrogen) atoms. The molecule has 124 valence electrons. The Hall–Kier alpha value is -3.12. The van der Waals surface area contributed by atoms with E-state index in [1.165, 1.54) is 0 Å². The van der Waals surface area contributed by atoms with Crippen molar-refractivity contribution < 1.29 is 4.79 Å². The number of aryl methyl sites for hydroxylation is 1. The zero-order valence-corrected chi connectivity index (χ0v) is 14.4. The van der Waals surface area contributed by atoms with E-state index in [9.17, 15) is 4.79 Å². The molecule has 5 nitrogen and oxygen atoms in total. The molecule has 0 saturated carbocycles. The highest BCUT2D eigenvalue weighted by molar-refractivity contribution is 7.15. The molecule has 0 unspecified atom stereocenters. The topological polar surface area (TPSA) is 58.4 Å². The van der Waals surface area contributed by atoms with Crippen molar-refractivity contribution in [3.63, 3.8) is 0 Å². The minimum atomic E-state index is -0.265. The second-order valence-corrected chi connectivity index (χ2v) is 6.61. The molecule has 0 atom stereocenters. The van der Waals surface area contributed by atoms with Gasteiger partial charge in [-0.1, -0.05) is 29.8 Å². The molecule has 0 aliphatic heterocycles. The number of benzene rings is 2. The molecule has 2 aromatic carbocycles. The van der Waals surface area contributed by atoms with Gasteiger partial charge in [-0.25, -0.2) is 9.78 Å². The first-order valence-electron chi connectivity index (χ1n) is 7.85. The van der Waals surface area contributed by atoms with Crippen molar-refractivity contribution in [1.29, 1.82) is 0 Å². The van der Waals surface area contributed by atoms with Gasteiger partial charge in [0.05, 0.1) is 5.69 Å². The van der Waals surface area contributed by atoms with E-state index in [1.807, 2.05) is 77.6 Å². The van der Waals surface area contributed by atoms with Crippen LogP contribution in [0.5, 0.6) is 0 Å². The van der Waals surface area contributed by atoms with Crippen LogP contribution in [0.3, 0.4) is 0 Å². The predicted molar refractivity (Wildman–Crippen MR) is 102 cm³/mol. The van der Waals surface area contributed by atoms with Gasteiger partial charge in [-0.2, -0.15) is 0 Å². The molecule has 4 aromatic rings. The summed E-state index contributed by atoms with van der Waals surface area (Å²) in [7, 11) is 0. The predicted octanol–water partition coefficient (Wildman–Crippen LogP) is 5.02. The Bertz CT molecular complexity index is 987. The molecule has 0 bridgehead atoms. The molecule has 4 rings (SSSR count). The standard InChI is InChI=1S/C19H16N4OS/c1-13-2-6-15(7-3-13)20-18(24)21-16-8-4-14(5-9-16)17-12-23-10-11-25-19(23)22-17/h2-12H,1H3,(H2,20,21,24). The number of aromatic nitrogens is 2. The molecular weight excluding hydrogens is 332 g/mol. The van der Waals surface area contributed by atoms with Crippen LogP contribution < -0.4 is 10.6 Å². The second-order valence-electron chi connectivity index (χ2n) is 5.74. The molecule has 0 fully saturated rings. The Balaban J connectivity index is 1.43. The van der Waals surface area contributed by atoms with Crippen LogP contribution in [0.4, 0.5) is 16.2 Å². The smallest absolute Gasteiger partial charge is 0.308 e. The molecular formula is C19H16N4OS. The minimum Gasteiger partial charge on any atom is -0.308 e. The molecule has 2 N–H and O–H groups in total. The third-order valence-electron chi connectivity index (χ3n) is 3.84. The van der Waals surface area contributed by atoms with E-state index in [0.29, 0.717) is 0 Å². The normalized spacial score (nSPS) is 10.8. The fraction of sp³-hybridized carbons (Fsp3) is 0.0526. The first-order chi connectivity index (χ1) is 12.2. The SMILES string of the molecule is Cc1ccc(NC(=O)Nc2ccc(-c3cn4ccsc4n3)cc2)cc1. The van der Waals surface area contributed by atoms with Crippen molar-refractivity contribution >= 4 is 33.7 Å². The van der Waals surface area contributed by atoms with Crippen LogP contribution in [0.15, 0.2) is 66.3 Å². The monoisotopic (exact) mass is 348 g/mol. The Kier molecular flexibility index (Phi) is 3.95. The van der Waals surface area contributed by atoms with E-state index in [2.05, 4.69) is 15.6 Å². The van der Waals surface area contributed by atoms with Gasteiger partial charge in [0.1, 0.15) is 0 Å². The molecule has 6 heteroatoms. The summed E-state index contributed by atoms with van der Waals surface area (Å²) in [5.41, 5.74) is 4.58. The number of carbonyl (C=O) groups excluding carboxylic acids is 1. The summed E-state index contributed by atoms with van der Waals surface area (Å²) < 4.78 is 2.00. The largest absolute Gasteiger partial charge is 0.323 e. The Morgan fingerprint density at radius 1 is 1.00 bits per heavy atom. The van der Waals surface area contributed by atoms with Gasteiger partial charge in [-0.3, -0.25) is 4.40 Å². The quantitative estimate of drug-likeness (QED) is 0.546. The third kappa shape index (κ3) is 3.39. The maximum absolute atomic E-state index is 12.1. The summed E-state index contributed by atoms with van der Waals surface area (Å²) in [5, 5.41) is 7.65. The summed E-state index contributed by atoms with van der Waals surface area (Å²) in [4.78, 5) is 17.6. The van der Waals surface area contributed by atoms with Crippen LogP contribution in [-0.4, -0.2) is 15.4 Å². The second kappa shape index (κ2) is 6.41. The van der Waals surface area contributed by atoms with E-state index < -0.39 is 0 Å². The van der Waals surface area contributed by atoms with E-state index in [-0.39, 0.29) is 6.03 Å². The van der Waals surface area contributed by atoms with Gasteiger partial charge in [-0.05, 0) is 31.2 Å². The lowest BCUT2D eigenvalue weighted by atomic mass is 10.1. The summed E-state index contributed by atoms with van der Waals surface area (Å²) in [6.07, 6.45) is 3.99. The number of hydrogen-bond donors (Lipinski definition) is 2. The number of urea groups is 1. The van der Waals surface area contributed by atoms with E-state index in [0.717, 1.165) is 33.2 Å². The van der Waals surface area contributed by atoms with Gasteiger partial charge in [-0.15, -0.1) is 11.3 Å². The highest BCUT2D eigenvalue weighted by Crippen LogP contribution is 2.23. The maximum atomic E-state index is 12.1. The van der Waals surface area contributed by atoms with Gasteiger partial charge >= 0.3 is 6.03 Å². The fourth-order valence-corrected chi connectivity index (χ4v) is 3.22. The van der Waals surface area contributed by atoms with Gasteiger partial charge in [0.15, 0.2) is 4.96 Å². The molecule has 0 spiro atoms. The first kappa shape index (κ1) is 15.4. The molecule has 0 saturated heterocycles. The summed E-state index contributed by atoms with van der Waals surface area (Å²) >= 11 is 1.60. The number of rotatable bonds is 3. The molecule has 0 radical (unpaired) electrons. The lowest BCUT2D eigenvalue weighted by Gasteiger charge is -2.08. The zero-order chi connectivity index (χ0) is 17.2. The van der Waals surface area contributed by atoms with Crippen molar-refractivity contribution in [1.82, 2.24) is 9.38 Å². The number of fused-ring (bicyclic) bond motifs is 1. The summed E-state index contributed by atoms with van der Waals surface area (Å²) in [6.45, 7) is 2.01. The summed E-state index contributed by atoms with van der Waals surface area (Å²) in [6, 6.07) is 15.1. The highest BCUT2D eigenvalue weighted by atomic mass is 32.1. The van der Waals surface area contributed by atoms with Crippen LogP contribution in [0.2, 0.25) is 0 Å². The number of nitrogens with one attached hydrogen (secondary N) is 2. The van der Waals surface area contributed by atoms with E-state index in [4.69, 9.17) is 0 Å². The van der Waals surface area contributed by atoms with E-state index in [1.54, 1.807) is 11.3 Å². The molecule has 0 aliphatic rings. The summed E-state index contributed by atoms with van der Waals surface area (Å²) in [5.74, 6) is 0. The van der Waals surface area contributed by atoms with Gasteiger partial charge in [0.2, 0.25) is 0 Å². The van der Waals surface area contributed by atoms with Crippen LogP contribution in [0.1, 0.15) is 5.56 Å². The lowest BCUT2D eigenvalue weighted by molar-refractivity contribution is 0.262. The Morgan fingerprint density at radius 3 is 2.28 bits per heavy atom. The molecule has 0 aliphatic carbocycles. The third-order valence-corrected chi connectivity index (χ3v) is 4.61. The fourth-order valence-electron chi connectivity index (χ4n) is 2.52. The van der Waals surface area contributed by atoms with Crippen molar-refractivity contribution in [3.8, 4) is 11.3 Å². The van der Waals surface area contributed by atoms with Crippen LogP contribution in [0, 0.1) is 6.92 Å². The van der Waals surface area contributed by atoms with Crippen molar-refractivity contribution in [2.24, 2.45) is 0 Å². The Labute approximate surface area is 149 Å². The molecule has 2 aromatic heterocycles. The van der Waals surface area contributed by atoms with Crippen LogP contribution in [-0.2, 0) is 0 Å². The zero-order valence-electron chi connectivity index (χ0n) is 13.6. The number of nitrogens with zero attached hydrogens (tertiary/aromatic N) is 2. The van der Waals surface area contributed by atoms with Crippen molar-refractivity contribution in [2.75, 3.05) is 10.6 Å². The van der Waals surface area contributed by atoms with Gasteiger partial charge in [0, 0.05) is 34.7 Å². The number of thiazole rings is 1. The van der Waals surface area contributed by atoms with Gasteiger partial charge < -0.3 is 10.6 Å². The maximum Gasteiger partial charge on any atom is 0.323 e. The average Bonchev–Trinajstić information content (AvgIpc) is 3.19. The number of hydrogen-bond acceptors (Lipinski definition) is 3. The van der Waals surface area contributed by atoms with E-state index >= 15 is 0 Å². The highest BCUT2D eigenvalue weighted by Gasteiger charge is 2.06. The van der Waals surface area contributed by atoms with Crippen LogP contribution in [0.25, 0.3) is 16.2 Å². The Morgan fingerprint density at radius 2 is 1.64 bits per heavy atom. The van der Waals surface area contributed by atoms with Crippen molar-refractivity contribution in [3.05, 3.63) is 71.9 Å².